The van der Waals surface area contributed by atoms with Crippen molar-refractivity contribution in [3.8, 4) is 5.13 Å². The Morgan fingerprint density at radius 2 is 2.00 bits per heavy atom. The number of anilines is 1. The molecule has 27 heavy (non-hydrogen) atoms. The third-order valence-corrected chi connectivity index (χ3v) is 6.03. The molecule has 0 aliphatic heterocycles. The average Bonchev–Trinajstić information content (AvgIpc) is 3.34. The molecular weight excluding hydrogens is 376 g/mol. The zero-order valence-electron chi connectivity index (χ0n) is 15.2. The lowest BCUT2D eigenvalue weighted by atomic mass is 10.1. The zero-order valence-corrected chi connectivity index (χ0v) is 16.8. The second kappa shape index (κ2) is 7.09. The lowest BCUT2D eigenvalue weighted by molar-refractivity contribution is -0.111. The molecule has 136 valence electrons. The molecule has 5 nitrogen and oxygen atoms in total. The maximum absolute atomic E-state index is 12.3. The molecule has 0 unspecified atom stereocenters. The van der Waals surface area contributed by atoms with Gasteiger partial charge in [-0.2, -0.15) is 9.78 Å². The van der Waals surface area contributed by atoms with E-state index in [2.05, 4.69) is 36.4 Å². The number of thiazole rings is 1. The largest absolute Gasteiger partial charge is 0.307 e. The first-order chi connectivity index (χ1) is 13.0. The number of benzene rings is 1. The summed E-state index contributed by atoms with van der Waals surface area (Å²) >= 11 is 3.15. The van der Waals surface area contributed by atoms with Crippen molar-refractivity contribution >= 4 is 50.7 Å². The molecule has 3 aromatic heterocycles. The molecule has 1 aromatic carbocycles. The van der Waals surface area contributed by atoms with Crippen LogP contribution in [0.15, 0.2) is 41.8 Å². The average molecular weight is 395 g/mol. The van der Waals surface area contributed by atoms with Crippen LogP contribution in [0.5, 0.6) is 0 Å². The van der Waals surface area contributed by atoms with Crippen LogP contribution in [0.1, 0.15) is 21.7 Å². The molecule has 1 amide bonds. The van der Waals surface area contributed by atoms with Gasteiger partial charge in [0.1, 0.15) is 5.82 Å². The zero-order chi connectivity index (χ0) is 19.0. The van der Waals surface area contributed by atoms with E-state index in [-0.39, 0.29) is 5.91 Å². The van der Waals surface area contributed by atoms with E-state index in [1.807, 2.05) is 30.5 Å². The van der Waals surface area contributed by atoms with Gasteiger partial charge in [-0.15, -0.1) is 11.3 Å². The minimum Gasteiger partial charge on any atom is -0.307 e. The smallest absolute Gasteiger partial charge is 0.249 e. The number of carbonyl (C=O) groups excluding carboxylic acids is 1. The number of rotatable bonds is 4. The van der Waals surface area contributed by atoms with Gasteiger partial charge in [0.25, 0.3) is 0 Å². The van der Waals surface area contributed by atoms with E-state index < -0.39 is 0 Å². The second-order valence-corrected chi connectivity index (χ2v) is 8.31. The minimum atomic E-state index is -0.197. The van der Waals surface area contributed by atoms with Crippen LogP contribution in [0.25, 0.3) is 21.4 Å². The predicted octanol–water partition coefficient (Wildman–Crippen LogP) is 5.12. The molecule has 4 aromatic rings. The van der Waals surface area contributed by atoms with E-state index in [0.717, 1.165) is 25.9 Å². The quantitative estimate of drug-likeness (QED) is 0.489. The lowest BCUT2D eigenvalue weighted by Crippen LogP contribution is -2.12. The lowest BCUT2D eigenvalue weighted by Gasteiger charge is -2.03. The summed E-state index contributed by atoms with van der Waals surface area (Å²) in [5.41, 5.74) is 4.21. The summed E-state index contributed by atoms with van der Waals surface area (Å²) in [6.45, 7) is 6.07. The number of nitrogens with zero attached hydrogens (tertiary/aromatic N) is 3. The second-order valence-electron chi connectivity index (χ2n) is 6.32. The molecule has 4 rings (SSSR count). The van der Waals surface area contributed by atoms with Crippen molar-refractivity contribution in [3.05, 3.63) is 63.5 Å². The van der Waals surface area contributed by atoms with Crippen LogP contribution in [0, 0.1) is 20.8 Å². The van der Waals surface area contributed by atoms with E-state index in [0.29, 0.717) is 5.82 Å². The number of nitrogens with one attached hydrogen (secondary N) is 1. The van der Waals surface area contributed by atoms with Gasteiger partial charge in [-0.25, -0.2) is 4.98 Å². The Morgan fingerprint density at radius 3 is 2.78 bits per heavy atom. The van der Waals surface area contributed by atoms with Crippen LogP contribution < -0.4 is 5.32 Å². The molecule has 3 heterocycles. The number of carbonyl (C=O) groups is 1. The van der Waals surface area contributed by atoms with Crippen molar-refractivity contribution in [1.29, 1.82) is 0 Å². The molecule has 0 aliphatic carbocycles. The topological polar surface area (TPSA) is 59.8 Å². The van der Waals surface area contributed by atoms with Crippen LogP contribution in [-0.2, 0) is 4.79 Å². The van der Waals surface area contributed by atoms with Gasteiger partial charge < -0.3 is 5.32 Å². The summed E-state index contributed by atoms with van der Waals surface area (Å²) < 4.78 is 2.80. The summed E-state index contributed by atoms with van der Waals surface area (Å²) in [7, 11) is 0. The predicted molar refractivity (Wildman–Crippen MR) is 113 cm³/mol. The Morgan fingerprint density at radius 1 is 1.19 bits per heavy atom. The highest BCUT2D eigenvalue weighted by molar-refractivity contribution is 7.20. The SMILES string of the molecule is Cc1cc(NC(=O)/C=C/c2cccs2)n(-c2nc3cc(C)c(C)cc3s2)n1. The standard InChI is InChI=1S/C20H18N4OS2/c1-12-9-16-17(10-13(12)2)27-20(21-16)24-18(11-14(3)23-24)22-19(25)7-6-15-5-4-8-26-15/h4-11H,1-3H3,(H,22,25)/b7-6+. The van der Waals surface area contributed by atoms with Gasteiger partial charge in [0.05, 0.1) is 15.9 Å². The Balaban J connectivity index is 1.64. The first-order valence-electron chi connectivity index (χ1n) is 8.47. The van der Waals surface area contributed by atoms with Gasteiger partial charge in [0.2, 0.25) is 11.0 Å². The number of hydrogen-bond donors (Lipinski definition) is 1. The fourth-order valence-corrected chi connectivity index (χ4v) is 4.33. The summed E-state index contributed by atoms with van der Waals surface area (Å²) in [5, 5.41) is 10.1. The first kappa shape index (κ1) is 17.6. The van der Waals surface area contributed by atoms with E-state index in [9.17, 15) is 4.79 Å². The highest BCUT2D eigenvalue weighted by Gasteiger charge is 2.14. The molecule has 0 saturated carbocycles. The molecule has 7 heteroatoms. The Labute approximate surface area is 165 Å². The van der Waals surface area contributed by atoms with Crippen molar-refractivity contribution < 1.29 is 4.79 Å². The summed E-state index contributed by atoms with van der Waals surface area (Å²) in [5.74, 6) is 0.415. The number of fused-ring (bicyclic) bond motifs is 1. The number of thiophene rings is 1. The number of amides is 1. The number of hydrogen-bond acceptors (Lipinski definition) is 5. The van der Waals surface area contributed by atoms with E-state index in [4.69, 9.17) is 4.98 Å². The van der Waals surface area contributed by atoms with Crippen molar-refractivity contribution in [1.82, 2.24) is 14.8 Å². The highest BCUT2D eigenvalue weighted by Crippen LogP contribution is 2.29. The number of aryl methyl sites for hydroxylation is 3. The monoisotopic (exact) mass is 394 g/mol. The molecule has 0 spiro atoms. The molecular formula is C20H18N4OS2. The highest BCUT2D eigenvalue weighted by atomic mass is 32.1. The number of aromatic nitrogens is 3. The molecule has 0 radical (unpaired) electrons. The Bertz CT molecular complexity index is 1110. The Hall–Kier alpha value is -2.77. The van der Waals surface area contributed by atoms with Gasteiger partial charge in [-0.05, 0) is 61.6 Å². The minimum absolute atomic E-state index is 0.197. The van der Waals surface area contributed by atoms with E-state index >= 15 is 0 Å². The molecule has 0 saturated heterocycles. The van der Waals surface area contributed by atoms with Crippen LogP contribution in [0.4, 0.5) is 5.82 Å². The van der Waals surface area contributed by atoms with Gasteiger partial charge in [0, 0.05) is 17.0 Å². The normalized spacial score (nSPS) is 11.5. The molecule has 0 fully saturated rings. The van der Waals surface area contributed by atoms with Crippen LogP contribution in [-0.4, -0.2) is 20.7 Å². The van der Waals surface area contributed by atoms with Crippen molar-refractivity contribution in [2.45, 2.75) is 20.8 Å². The maximum atomic E-state index is 12.3. The summed E-state index contributed by atoms with van der Waals surface area (Å²) in [6, 6.07) is 10.00. The summed E-state index contributed by atoms with van der Waals surface area (Å²) in [4.78, 5) is 18.0. The fraction of sp³-hybridized carbons (Fsp3) is 0.150. The van der Waals surface area contributed by atoms with Gasteiger partial charge in [0.15, 0.2) is 0 Å². The Kier molecular flexibility index (Phi) is 4.63. The van der Waals surface area contributed by atoms with Crippen molar-refractivity contribution in [3.63, 3.8) is 0 Å². The van der Waals surface area contributed by atoms with Crippen LogP contribution in [0.2, 0.25) is 0 Å². The fourth-order valence-electron chi connectivity index (χ4n) is 2.70. The maximum Gasteiger partial charge on any atom is 0.249 e. The molecule has 0 atom stereocenters. The molecule has 1 N–H and O–H groups in total. The van der Waals surface area contributed by atoms with Gasteiger partial charge >= 0.3 is 0 Å². The molecule has 0 aliphatic rings. The van der Waals surface area contributed by atoms with Crippen molar-refractivity contribution in [2.75, 3.05) is 5.32 Å². The van der Waals surface area contributed by atoms with Crippen LogP contribution >= 0.6 is 22.7 Å². The third kappa shape index (κ3) is 3.70. The van der Waals surface area contributed by atoms with Crippen molar-refractivity contribution in [2.24, 2.45) is 0 Å². The van der Waals surface area contributed by atoms with Gasteiger partial charge in [-0.1, -0.05) is 17.4 Å². The first-order valence-corrected chi connectivity index (χ1v) is 10.2. The summed E-state index contributed by atoms with van der Waals surface area (Å²) in [6.07, 6.45) is 3.33. The van der Waals surface area contributed by atoms with E-state index in [1.165, 1.54) is 17.2 Å². The molecule has 0 bridgehead atoms. The van der Waals surface area contributed by atoms with E-state index in [1.54, 1.807) is 33.4 Å². The van der Waals surface area contributed by atoms with Gasteiger partial charge in [-0.3, -0.25) is 4.79 Å². The van der Waals surface area contributed by atoms with Crippen LogP contribution in [0.3, 0.4) is 0 Å². The third-order valence-electron chi connectivity index (χ3n) is 4.20.